The van der Waals surface area contributed by atoms with E-state index in [2.05, 4.69) is 39.0 Å². The normalized spacial score (nSPS) is 22.0. The van der Waals surface area contributed by atoms with Gasteiger partial charge in [0.25, 0.3) is 5.91 Å². The lowest BCUT2D eigenvalue weighted by Crippen LogP contribution is -2.39. The van der Waals surface area contributed by atoms with E-state index < -0.39 is 0 Å². The number of methoxy groups -OCH3 is 1. The van der Waals surface area contributed by atoms with E-state index in [1.54, 1.807) is 37.4 Å². The number of benzene rings is 1. The molecule has 1 aliphatic carbocycles. The van der Waals surface area contributed by atoms with Gasteiger partial charge in [0, 0.05) is 37.8 Å². The average molecular weight is 534 g/mol. The van der Waals surface area contributed by atoms with E-state index in [0.717, 1.165) is 38.2 Å². The molecule has 1 aromatic heterocycles. The van der Waals surface area contributed by atoms with Crippen molar-refractivity contribution in [3.63, 3.8) is 0 Å². The summed E-state index contributed by atoms with van der Waals surface area (Å²) in [5.41, 5.74) is 1.90. The van der Waals surface area contributed by atoms with Crippen LogP contribution in [-0.2, 0) is 4.79 Å². The lowest BCUT2D eigenvalue weighted by Gasteiger charge is -2.31. The summed E-state index contributed by atoms with van der Waals surface area (Å²) in [6.45, 7) is 6.31. The first-order valence-corrected chi connectivity index (χ1v) is 13.8. The Labute approximate surface area is 230 Å². The summed E-state index contributed by atoms with van der Waals surface area (Å²) in [5, 5.41) is 6.39. The summed E-state index contributed by atoms with van der Waals surface area (Å²) in [5.74, 6) is 1.46. The number of hydrogen-bond donors (Lipinski definition) is 2. The van der Waals surface area contributed by atoms with Crippen molar-refractivity contribution < 1.29 is 14.3 Å². The highest BCUT2D eigenvalue weighted by atomic mass is 16.5. The Balaban J connectivity index is 1.40. The van der Waals surface area contributed by atoms with Crippen molar-refractivity contribution in [1.82, 2.24) is 20.2 Å². The van der Waals surface area contributed by atoms with Gasteiger partial charge in [-0.25, -0.2) is 4.98 Å². The van der Waals surface area contributed by atoms with E-state index >= 15 is 0 Å². The van der Waals surface area contributed by atoms with Crippen LogP contribution in [0.15, 0.2) is 37.1 Å². The second-order valence-corrected chi connectivity index (χ2v) is 10.9. The first-order valence-electron chi connectivity index (χ1n) is 13.8. The zero-order valence-corrected chi connectivity index (χ0v) is 23.2. The molecule has 5 rings (SSSR count). The van der Waals surface area contributed by atoms with Crippen molar-refractivity contribution in [2.45, 2.75) is 50.6 Å². The van der Waals surface area contributed by atoms with Gasteiger partial charge in [0.1, 0.15) is 11.4 Å². The molecule has 39 heavy (non-hydrogen) atoms. The van der Waals surface area contributed by atoms with E-state index in [9.17, 15) is 9.59 Å². The number of carbonyl (C=O) groups is 2. The lowest BCUT2D eigenvalue weighted by atomic mass is 10.0. The number of aromatic nitrogens is 2. The standard InChI is InChI=1S/C29H39N7O3/c1-5-8-20-17-36(22-9-6-7-10-22)26-24(35(3)28(20)38)16-30-29(33-26)32-23-12-11-19(15-25(23)39-4)27(37)31-21-13-14-34(2)18-21/h5,11-12,15-16,20-22H,1,6-10,13-14,17-18H2,2-4H3,(H,31,37)(H,30,32,33)/t20-,21+/m0/s1. The highest BCUT2D eigenvalue weighted by Crippen LogP contribution is 2.38. The minimum absolute atomic E-state index is 0.0562. The molecule has 2 amide bonds. The fourth-order valence-electron chi connectivity index (χ4n) is 5.96. The van der Waals surface area contributed by atoms with Crippen molar-refractivity contribution in [2.24, 2.45) is 5.92 Å². The number of ether oxygens (including phenoxy) is 1. The molecule has 0 unspecified atom stereocenters. The molecule has 1 saturated heterocycles. The van der Waals surface area contributed by atoms with E-state index in [4.69, 9.17) is 9.72 Å². The molecule has 2 aromatic rings. The number of hydrogen-bond acceptors (Lipinski definition) is 8. The van der Waals surface area contributed by atoms with Crippen LogP contribution in [0.25, 0.3) is 0 Å². The number of allylic oxidation sites excluding steroid dienone is 1. The minimum atomic E-state index is -0.179. The first-order chi connectivity index (χ1) is 18.9. The number of nitrogens with one attached hydrogen (secondary N) is 2. The molecule has 0 radical (unpaired) electrons. The van der Waals surface area contributed by atoms with E-state index in [1.807, 2.05) is 12.1 Å². The minimum Gasteiger partial charge on any atom is -0.495 e. The molecule has 1 saturated carbocycles. The Bertz CT molecular complexity index is 1230. The second kappa shape index (κ2) is 11.6. The van der Waals surface area contributed by atoms with Crippen LogP contribution in [0.2, 0.25) is 0 Å². The molecule has 0 spiro atoms. The topological polar surface area (TPSA) is 103 Å². The molecular formula is C29H39N7O3. The maximum atomic E-state index is 13.3. The maximum absolute atomic E-state index is 13.3. The fraction of sp³-hybridized carbons (Fsp3) is 0.517. The van der Waals surface area contributed by atoms with Crippen LogP contribution in [0.1, 0.15) is 48.9 Å². The third-order valence-electron chi connectivity index (χ3n) is 8.13. The van der Waals surface area contributed by atoms with E-state index in [1.165, 1.54) is 12.8 Å². The van der Waals surface area contributed by atoms with Crippen LogP contribution in [0.4, 0.5) is 23.1 Å². The summed E-state index contributed by atoms with van der Waals surface area (Å²) in [7, 11) is 5.43. The lowest BCUT2D eigenvalue weighted by molar-refractivity contribution is -0.121. The number of likely N-dealkylation sites (tertiary alicyclic amines) is 1. The molecule has 208 valence electrons. The number of nitrogens with zero attached hydrogens (tertiary/aromatic N) is 5. The van der Waals surface area contributed by atoms with Gasteiger partial charge in [0.05, 0.1) is 24.9 Å². The number of amides is 2. The van der Waals surface area contributed by atoms with Crippen molar-refractivity contribution in [3.8, 4) is 5.75 Å². The van der Waals surface area contributed by atoms with Crippen LogP contribution < -0.4 is 25.2 Å². The van der Waals surface area contributed by atoms with Gasteiger partial charge in [-0.05, 0) is 57.5 Å². The Morgan fingerprint density at radius 2 is 2.00 bits per heavy atom. The van der Waals surface area contributed by atoms with Gasteiger partial charge in [0.15, 0.2) is 5.82 Å². The van der Waals surface area contributed by atoms with Crippen LogP contribution in [-0.4, -0.2) is 79.6 Å². The zero-order chi connectivity index (χ0) is 27.5. The van der Waals surface area contributed by atoms with Crippen molar-refractivity contribution in [3.05, 3.63) is 42.6 Å². The fourth-order valence-corrected chi connectivity index (χ4v) is 5.96. The third kappa shape index (κ3) is 5.71. The monoisotopic (exact) mass is 533 g/mol. The van der Waals surface area contributed by atoms with Gasteiger partial charge < -0.3 is 30.1 Å². The van der Waals surface area contributed by atoms with Gasteiger partial charge in [-0.3, -0.25) is 9.59 Å². The summed E-state index contributed by atoms with van der Waals surface area (Å²) >= 11 is 0. The average Bonchev–Trinajstić information content (AvgIpc) is 3.60. The molecule has 1 aromatic carbocycles. The van der Waals surface area contributed by atoms with Gasteiger partial charge in [-0.15, -0.1) is 6.58 Å². The molecule has 10 nitrogen and oxygen atoms in total. The highest BCUT2D eigenvalue weighted by Gasteiger charge is 2.36. The Morgan fingerprint density at radius 3 is 2.69 bits per heavy atom. The molecule has 10 heteroatoms. The Morgan fingerprint density at radius 1 is 1.21 bits per heavy atom. The zero-order valence-electron chi connectivity index (χ0n) is 23.2. The molecule has 2 atom stereocenters. The van der Waals surface area contributed by atoms with Gasteiger partial charge >= 0.3 is 0 Å². The molecule has 3 aliphatic rings. The smallest absolute Gasteiger partial charge is 0.251 e. The highest BCUT2D eigenvalue weighted by molar-refractivity contribution is 5.99. The first kappa shape index (κ1) is 26.9. The molecule has 3 heterocycles. The summed E-state index contributed by atoms with van der Waals surface area (Å²) < 4.78 is 5.62. The van der Waals surface area contributed by atoms with Crippen LogP contribution in [0.3, 0.4) is 0 Å². The number of anilines is 4. The number of rotatable bonds is 8. The molecule has 2 aliphatic heterocycles. The number of carbonyl (C=O) groups excluding carboxylic acids is 2. The predicted molar refractivity (Wildman–Crippen MR) is 153 cm³/mol. The number of likely N-dealkylation sites (N-methyl/N-ethyl adjacent to an activating group) is 1. The molecule has 2 fully saturated rings. The number of fused-ring (bicyclic) bond motifs is 1. The molecule has 0 bridgehead atoms. The Kier molecular flexibility index (Phi) is 8.02. The Hall–Kier alpha value is -3.66. The van der Waals surface area contributed by atoms with Crippen molar-refractivity contribution >= 4 is 35.0 Å². The van der Waals surface area contributed by atoms with Crippen LogP contribution >= 0.6 is 0 Å². The SMILES string of the molecule is C=CC[C@H]1CN(C2CCCC2)c2nc(Nc3ccc(C(=O)N[C@@H]4CCN(C)C4)cc3OC)ncc2N(C)C1=O. The van der Waals surface area contributed by atoms with E-state index in [-0.39, 0.29) is 23.8 Å². The van der Waals surface area contributed by atoms with Crippen molar-refractivity contribution in [2.75, 3.05) is 56.0 Å². The van der Waals surface area contributed by atoms with Gasteiger partial charge in [-0.2, -0.15) is 4.98 Å². The quantitative estimate of drug-likeness (QED) is 0.497. The summed E-state index contributed by atoms with van der Waals surface area (Å²) in [6.07, 6.45) is 9.62. The van der Waals surface area contributed by atoms with Crippen LogP contribution in [0.5, 0.6) is 5.75 Å². The van der Waals surface area contributed by atoms with Crippen LogP contribution in [0, 0.1) is 5.92 Å². The van der Waals surface area contributed by atoms with E-state index in [0.29, 0.717) is 47.6 Å². The van der Waals surface area contributed by atoms with Crippen molar-refractivity contribution in [1.29, 1.82) is 0 Å². The molecular weight excluding hydrogens is 494 g/mol. The largest absolute Gasteiger partial charge is 0.495 e. The van der Waals surface area contributed by atoms with Gasteiger partial charge in [-0.1, -0.05) is 18.9 Å². The third-order valence-corrected chi connectivity index (χ3v) is 8.13. The predicted octanol–water partition coefficient (Wildman–Crippen LogP) is 3.58. The second-order valence-electron chi connectivity index (χ2n) is 10.9. The van der Waals surface area contributed by atoms with Gasteiger partial charge in [0.2, 0.25) is 11.9 Å². The molecule has 2 N–H and O–H groups in total. The maximum Gasteiger partial charge on any atom is 0.251 e. The summed E-state index contributed by atoms with van der Waals surface area (Å²) in [6, 6.07) is 5.81. The summed E-state index contributed by atoms with van der Waals surface area (Å²) in [4.78, 5) is 41.8.